The van der Waals surface area contributed by atoms with E-state index in [1.54, 1.807) is 25.7 Å². The third kappa shape index (κ3) is 11.3. The molecular weight excluding hydrogens is 892 g/mol. The van der Waals surface area contributed by atoms with Gasteiger partial charge in [-0.1, -0.05) is 77.6 Å². The summed E-state index contributed by atoms with van der Waals surface area (Å²) in [5.74, 6) is 1.04. The minimum absolute atomic E-state index is 0.832. The van der Waals surface area contributed by atoms with Gasteiger partial charge in [0.1, 0.15) is 0 Å². The van der Waals surface area contributed by atoms with E-state index >= 15 is 0 Å². The van der Waals surface area contributed by atoms with E-state index in [9.17, 15) is 0 Å². The minimum atomic E-state index is -3.77. The van der Waals surface area contributed by atoms with E-state index in [-0.39, 0.29) is 0 Å². The van der Waals surface area contributed by atoms with Gasteiger partial charge in [0.15, 0.2) is 0 Å². The van der Waals surface area contributed by atoms with Gasteiger partial charge < -0.3 is 0 Å². The van der Waals surface area contributed by atoms with Crippen molar-refractivity contribution in [3.8, 4) is 0 Å². The summed E-state index contributed by atoms with van der Waals surface area (Å²) < 4.78 is 2.14. The maximum atomic E-state index is 7.92. The molecule has 5 aliphatic rings. The normalized spacial score (nSPS) is 19.2. The Morgan fingerprint density at radius 2 is 0.934 bits per heavy atom. The Kier molecular flexibility index (Phi) is 16.4. The molecule has 0 atom stereocenters. The fraction of sp³-hybridized carbons (Fsp3) is 0.491. The Morgan fingerprint density at radius 1 is 0.525 bits per heavy atom. The zero-order valence-corrected chi connectivity index (χ0v) is 42.6. The number of hydrogen-bond donors (Lipinski definition) is 0. The van der Waals surface area contributed by atoms with Crippen molar-refractivity contribution >= 4 is 53.4 Å². The van der Waals surface area contributed by atoms with Crippen LogP contribution >= 0.6 is 28.0 Å². The molecule has 0 bridgehead atoms. The first kappa shape index (κ1) is 46.6. The molecule has 1 aliphatic heterocycles. The zero-order valence-electron chi connectivity index (χ0n) is 38.3. The van der Waals surface area contributed by atoms with Crippen LogP contribution in [0.3, 0.4) is 0 Å². The van der Waals surface area contributed by atoms with Crippen molar-refractivity contribution < 1.29 is 11.9 Å². The molecule has 4 aromatic rings. The summed E-state index contributed by atoms with van der Waals surface area (Å²) in [6, 6.07) is 28.2. The van der Waals surface area contributed by atoms with Crippen LogP contribution in [0.25, 0.3) is 5.57 Å². The number of allylic oxidation sites excluding steroid dienone is 1. The van der Waals surface area contributed by atoms with Crippen LogP contribution in [0.15, 0.2) is 84.9 Å². The predicted molar refractivity (Wildman–Crippen MR) is 271 cm³/mol. The molecule has 3 saturated carbocycles. The van der Waals surface area contributed by atoms with E-state index < -0.39 is 11.9 Å². The van der Waals surface area contributed by atoms with Gasteiger partial charge in [-0.2, -0.15) is 0 Å². The van der Waals surface area contributed by atoms with Gasteiger partial charge in [0.2, 0.25) is 0 Å². The van der Waals surface area contributed by atoms with Gasteiger partial charge in [0, 0.05) is 0 Å². The molecule has 0 radical (unpaired) electrons. The van der Waals surface area contributed by atoms with Crippen molar-refractivity contribution in [2.75, 3.05) is 22.9 Å². The monoisotopic (exact) mass is 964 g/mol. The number of aryl methyl sites for hydroxylation is 6. The van der Waals surface area contributed by atoms with Crippen LogP contribution in [-0.2, 0) is 11.9 Å². The molecule has 0 unspecified atom stereocenters. The molecular formula is C55H73Cl2N2PRu. The molecule has 0 spiro atoms. The molecule has 0 amide bonds. The van der Waals surface area contributed by atoms with Gasteiger partial charge in [-0.15, -0.1) is 8.58 Å². The summed E-state index contributed by atoms with van der Waals surface area (Å²) >= 11 is -3.77. The molecule has 6 heteroatoms. The van der Waals surface area contributed by atoms with E-state index in [1.165, 1.54) is 141 Å². The first-order chi connectivity index (χ1) is 29.4. The summed E-state index contributed by atoms with van der Waals surface area (Å²) in [6.45, 7) is 17.2. The van der Waals surface area contributed by atoms with Gasteiger partial charge in [-0.05, 0) is 42.9 Å². The maximum absolute atomic E-state index is 7.92. The van der Waals surface area contributed by atoms with Gasteiger partial charge in [-0.25, -0.2) is 0 Å². The van der Waals surface area contributed by atoms with Crippen LogP contribution in [-0.4, -0.2) is 32.9 Å². The van der Waals surface area contributed by atoms with E-state index in [0.29, 0.717) is 0 Å². The van der Waals surface area contributed by atoms with Crippen LogP contribution in [0.1, 0.15) is 153 Å². The molecule has 4 aromatic carbocycles. The number of halogens is 2. The third-order valence-corrected chi connectivity index (χ3v) is 22.6. The zero-order chi connectivity index (χ0) is 43.1. The topological polar surface area (TPSA) is 6.48 Å². The molecule has 2 nitrogen and oxygen atoms in total. The second-order valence-corrected chi connectivity index (χ2v) is 30.1. The SMILES string of the molecule is C1CCC(PC2CCCCC2)CC1.CC1CCCCC1.Cc1cc(C)c(N2CCN(c3c(C)cc(C)cc3C)[C]2=[Ru]([Cl])([Cl])=[C]2C=C(c3ccccc3)c3ccccc32)c(C)c1. The van der Waals surface area contributed by atoms with E-state index in [0.717, 1.165) is 44.3 Å². The van der Waals surface area contributed by atoms with Crippen molar-refractivity contribution in [3.05, 3.63) is 135 Å². The fourth-order valence-corrected chi connectivity index (χ4v) is 19.9. The summed E-state index contributed by atoms with van der Waals surface area (Å²) in [6.07, 6.45) is 25.1. The quantitative estimate of drug-likeness (QED) is 0.145. The van der Waals surface area contributed by atoms with Crippen LogP contribution in [0.2, 0.25) is 0 Å². The number of anilines is 2. The van der Waals surface area contributed by atoms with Gasteiger partial charge in [0.05, 0.1) is 0 Å². The summed E-state index contributed by atoms with van der Waals surface area (Å²) in [7, 11) is 17.2. The molecule has 61 heavy (non-hydrogen) atoms. The molecule has 9 rings (SSSR count). The summed E-state index contributed by atoms with van der Waals surface area (Å²) in [5, 5.41) is 0. The van der Waals surface area contributed by atoms with Crippen molar-refractivity contribution in [2.24, 2.45) is 5.92 Å². The van der Waals surface area contributed by atoms with E-state index in [4.69, 9.17) is 19.4 Å². The predicted octanol–water partition coefficient (Wildman–Crippen LogP) is 16.0. The second-order valence-electron chi connectivity index (χ2n) is 18.8. The molecule has 4 fully saturated rings. The fourth-order valence-electron chi connectivity index (χ4n) is 10.9. The first-order valence-corrected chi connectivity index (χ1v) is 31.0. The third-order valence-electron chi connectivity index (χ3n) is 13.6. The van der Waals surface area contributed by atoms with Crippen molar-refractivity contribution in [1.82, 2.24) is 0 Å². The molecule has 330 valence electrons. The molecule has 0 aromatic heterocycles. The van der Waals surface area contributed by atoms with Gasteiger partial charge >= 0.3 is 256 Å². The average Bonchev–Trinajstić information content (AvgIpc) is 3.86. The van der Waals surface area contributed by atoms with E-state index in [2.05, 4.69) is 143 Å². The average molecular weight is 965 g/mol. The Morgan fingerprint density at radius 3 is 1.36 bits per heavy atom. The standard InChI is InChI=1S/C21H26N2.C15H10.C12H23P.C7H14.2ClH.Ru/c1-14-9-16(3)20(17(4)10-14)22-7-8-23(13-22)21-18(5)11-15(2)12-19(21)6;1-2-6-12(7-3-1)15-11-10-13-8-4-5-9-14(13)15;1-3-7-11(8-4-1)13-12-9-5-2-6-10-12;1-7-5-3-2-4-6-7;;;/h9-12H,7-8H2,1-6H3;1-9,11H;11-13H,1-10H2;7H,2-6H2,1H3;2*1H;/q;;;;;;+2/p-2. The Balaban J connectivity index is 0.000000228. The van der Waals surface area contributed by atoms with Crippen molar-refractivity contribution in [3.63, 3.8) is 0 Å². The summed E-state index contributed by atoms with van der Waals surface area (Å²) in [5.41, 5.74) is 17.0. The Hall–Kier alpha value is -2.41. The van der Waals surface area contributed by atoms with Crippen LogP contribution in [0, 0.1) is 47.5 Å². The first-order valence-electron chi connectivity index (χ1n) is 23.6. The number of benzene rings is 4. The van der Waals surface area contributed by atoms with Crippen molar-refractivity contribution in [1.29, 1.82) is 0 Å². The molecule has 0 N–H and O–H groups in total. The Bertz CT molecular complexity index is 2150. The van der Waals surface area contributed by atoms with Gasteiger partial charge in [0.25, 0.3) is 0 Å². The van der Waals surface area contributed by atoms with E-state index in [1.807, 2.05) is 0 Å². The van der Waals surface area contributed by atoms with Crippen molar-refractivity contribution in [2.45, 2.75) is 156 Å². The van der Waals surface area contributed by atoms with Crippen LogP contribution < -0.4 is 9.80 Å². The van der Waals surface area contributed by atoms with Gasteiger partial charge in [-0.3, -0.25) is 0 Å². The number of nitrogens with zero attached hydrogens (tertiary/aromatic N) is 2. The second kappa shape index (κ2) is 21.5. The Labute approximate surface area is 382 Å². The van der Waals surface area contributed by atoms with Crippen LogP contribution in [0.5, 0.6) is 0 Å². The number of fused-ring (bicyclic) bond motifs is 1. The molecule has 1 heterocycles. The van der Waals surface area contributed by atoms with Crippen LogP contribution in [0.4, 0.5) is 11.4 Å². The number of rotatable bonds is 5. The summed E-state index contributed by atoms with van der Waals surface area (Å²) in [4.78, 5) is 4.89. The molecule has 4 aliphatic carbocycles. The number of hydrogen-bond acceptors (Lipinski definition) is 2. The molecule has 1 saturated heterocycles.